The molecule has 0 aliphatic carbocycles. The van der Waals surface area contributed by atoms with Crippen LogP contribution in [0.15, 0.2) is 54.6 Å². The van der Waals surface area contributed by atoms with Gasteiger partial charge in [-0.25, -0.2) is 4.79 Å². The first-order valence-corrected chi connectivity index (χ1v) is 13.5. The molecule has 0 aliphatic heterocycles. The van der Waals surface area contributed by atoms with E-state index in [-0.39, 0.29) is 6.54 Å². The minimum Gasteiger partial charge on any atom is -0.497 e. The number of unbranched alkanes of at least 4 members (excludes halogenated alkanes) is 4. The van der Waals surface area contributed by atoms with E-state index in [0.29, 0.717) is 23.4 Å². The van der Waals surface area contributed by atoms with Crippen molar-refractivity contribution < 1.29 is 29.0 Å². The van der Waals surface area contributed by atoms with Crippen LogP contribution in [0.4, 0.5) is 10.5 Å². The van der Waals surface area contributed by atoms with Gasteiger partial charge in [0.25, 0.3) is 5.91 Å². The fourth-order valence-electron chi connectivity index (χ4n) is 4.08. The smallest absolute Gasteiger partial charge is 0.408 e. The molecule has 0 heterocycles. The van der Waals surface area contributed by atoms with Gasteiger partial charge in [-0.05, 0) is 57.0 Å². The van der Waals surface area contributed by atoms with E-state index < -0.39 is 42.2 Å². The summed E-state index contributed by atoms with van der Waals surface area (Å²) in [6, 6.07) is 13.6. The van der Waals surface area contributed by atoms with E-state index in [2.05, 4.69) is 17.6 Å². The zero-order valence-electron chi connectivity index (χ0n) is 23.7. The second kappa shape index (κ2) is 15.7. The van der Waals surface area contributed by atoms with Crippen LogP contribution in [0.25, 0.3) is 0 Å². The average Bonchev–Trinajstić information content (AvgIpc) is 2.90. The van der Waals surface area contributed by atoms with Crippen LogP contribution in [0.3, 0.4) is 0 Å². The average molecular weight is 542 g/mol. The largest absolute Gasteiger partial charge is 0.497 e. The molecular formula is C30H43N3O6. The quantitative estimate of drug-likeness (QED) is 0.288. The fraction of sp³-hybridized carbons (Fsp3) is 0.500. The van der Waals surface area contributed by atoms with Gasteiger partial charge in [0.2, 0.25) is 5.91 Å². The number of amides is 3. The summed E-state index contributed by atoms with van der Waals surface area (Å²) in [5.41, 5.74) is 0.374. The summed E-state index contributed by atoms with van der Waals surface area (Å²) < 4.78 is 10.5. The number of aliphatic hydroxyl groups is 1. The number of hydrogen-bond acceptors (Lipinski definition) is 6. The Morgan fingerprint density at radius 3 is 2.15 bits per heavy atom. The van der Waals surface area contributed by atoms with E-state index in [1.54, 1.807) is 76.4 Å². The molecule has 0 saturated carbocycles. The van der Waals surface area contributed by atoms with Crippen LogP contribution < -0.4 is 15.4 Å². The van der Waals surface area contributed by atoms with Crippen LogP contribution in [0.1, 0.15) is 71.4 Å². The summed E-state index contributed by atoms with van der Waals surface area (Å²) >= 11 is 0. The number of hydrogen-bond donors (Lipinski definition) is 3. The molecule has 0 fully saturated rings. The first-order chi connectivity index (χ1) is 18.6. The summed E-state index contributed by atoms with van der Waals surface area (Å²) in [6.45, 7) is 6.87. The highest BCUT2D eigenvalue weighted by Gasteiger charge is 2.36. The molecule has 0 radical (unpaired) electrons. The number of ether oxygens (including phenoxy) is 2. The van der Waals surface area contributed by atoms with Gasteiger partial charge < -0.3 is 30.1 Å². The number of rotatable bonds is 14. The van der Waals surface area contributed by atoms with Crippen LogP contribution in [-0.2, 0) is 14.3 Å². The Morgan fingerprint density at radius 1 is 0.949 bits per heavy atom. The Hall–Kier alpha value is -3.59. The molecule has 0 aromatic heterocycles. The molecule has 0 aliphatic rings. The number of benzene rings is 2. The molecule has 39 heavy (non-hydrogen) atoms. The van der Waals surface area contributed by atoms with Crippen molar-refractivity contribution >= 4 is 23.6 Å². The summed E-state index contributed by atoms with van der Waals surface area (Å²) in [7, 11) is 1.56. The van der Waals surface area contributed by atoms with Crippen LogP contribution in [-0.4, -0.2) is 59.8 Å². The fourth-order valence-corrected chi connectivity index (χ4v) is 4.08. The Kier molecular flexibility index (Phi) is 12.8. The number of alkyl carbamates (subject to hydrolysis) is 1. The third kappa shape index (κ3) is 10.6. The molecule has 3 N–H and O–H groups in total. The number of carbonyl (C=O) groups is 3. The third-order valence-electron chi connectivity index (χ3n) is 5.99. The molecule has 9 heteroatoms. The molecule has 2 aromatic rings. The summed E-state index contributed by atoms with van der Waals surface area (Å²) in [6.07, 6.45) is 3.88. The van der Waals surface area contributed by atoms with E-state index in [1.807, 2.05) is 6.07 Å². The minimum atomic E-state index is -1.28. The zero-order chi connectivity index (χ0) is 28.8. The molecule has 0 saturated heterocycles. The lowest BCUT2D eigenvalue weighted by molar-refractivity contribution is -0.141. The number of carbonyl (C=O) groups excluding carboxylic acids is 3. The van der Waals surface area contributed by atoms with Gasteiger partial charge in [-0.2, -0.15) is 0 Å². The van der Waals surface area contributed by atoms with Gasteiger partial charge in [-0.1, -0.05) is 62.9 Å². The maximum atomic E-state index is 13.8. The number of methoxy groups -OCH3 is 1. The predicted molar refractivity (Wildman–Crippen MR) is 152 cm³/mol. The van der Waals surface area contributed by atoms with Crippen molar-refractivity contribution in [1.82, 2.24) is 10.2 Å². The molecule has 214 valence electrons. The van der Waals surface area contributed by atoms with E-state index in [1.165, 1.54) is 4.90 Å². The first kappa shape index (κ1) is 31.6. The molecule has 9 nitrogen and oxygen atoms in total. The molecule has 2 atom stereocenters. The lowest BCUT2D eigenvalue weighted by atomic mass is 10.0. The van der Waals surface area contributed by atoms with Crippen molar-refractivity contribution in [2.24, 2.45) is 0 Å². The Bertz CT molecular complexity index is 1040. The highest BCUT2D eigenvalue weighted by molar-refractivity contribution is 5.99. The second-order valence-corrected chi connectivity index (χ2v) is 10.4. The van der Waals surface area contributed by atoms with Crippen molar-refractivity contribution in [1.29, 1.82) is 0 Å². The maximum Gasteiger partial charge on any atom is 0.408 e. The van der Waals surface area contributed by atoms with Crippen LogP contribution in [0, 0.1) is 0 Å². The monoisotopic (exact) mass is 541 g/mol. The van der Waals surface area contributed by atoms with Gasteiger partial charge in [0.05, 0.1) is 13.7 Å². The van der Waals surface area contributed by atoms with Crippen LogP contribution in [0.5, 0.6) is 5.75 Å². The predicted octanol–water partition coefficient (Wildman–Crippen LogP) is 5.06. The van der Waals surface area contributed by atoms with Crippen molar-refractivity contribution in [2.75, 3.05) is 25.6 Å². The Morgan fingerprint density at radius 2 is 1.59 bits per heavy atom. The lowest BCUT2D eigenvalue weighted by Gasteiger charge is -2.34. The van der Waals surface area contributed by atoms with Gasteiger partial charge in [0.1, 0.15) is 23.4 Å². The molecule has 0 bridgehead atoms. The van der Waals surface area contributed by atoms with Gasteiger partial charge in [0.15, 0.2) is 0 Å². The summed E-state index contributed by atoms with van der Waals surface area (Å²) in [4.78, 5) is 41.5. The van der Waals surface area contributed by atoms with Gasteiger partial charge in [-0.3, -0.25) is 9.59 Å². The number of nitrogens with one attached hydrogen (secondary N) is 2. The SMILES string of the molecule is CCCCCCCN(C(=O)C(CO)NC(=O)OC(C)(C)C)C(C(=O)Nc1ccc(OC)cc1)c1ccccc1. The van der Waals surface area contributed by atoms with E-state index >= 15 is 0 Å². The highest BCUT2D eigenvalue weighted by atomic mass is 16.6. The number of nitrogens with zero attached hydrogens (tertiary/aromatic N) is 1. The number of anilines is 1. The maximum absolute atomic E-state index is 13.8. The van der Waals surface area contributed by atoms with Crippen molar-refractivity contribution in [3.8, 4) is 5.75 Å². The molecule has 0 spiro atoms. The Labute approximate surface area is 231 Å². The van der Waals surface area contributed by atoms with Crippen molar-refractivity contribution in [3.63, 3.8) is 0 Å². The third-order valence-corrected chi connectivity index (χ3v) is 5.99. The first-order valence-electron chi connectivity index (χ1n) is 13.5. The molecular weight excluding hydrogens is 498 g/mol. The van der Waals surface area contributed by atoms with Gasteiger partial charge >= 0.3 is 6.09 Å². The molecule has 2 unspecified atom stereocenters. The molecule has 3 amide bonds. The standard InChI is InChI=1S/C30H43N3O6/c1-6-7-8-9-13-20-33(28(36)25(21-34)32-29(37)39-30(2,3)4)26(22-14-11-10-12-15-22)27(35)31-23-16-18-24(38-5)19-17-23/h10-12,14-19,25-26,34H,6-9,13,20-21H2,1-5H3,(H,31,35)(H,32,37). The van der Waals surface area contributed by atoms with E-state index in [0.717, 1.165) is 25.7 Å². The summed E-state index contributed by atoms with van der Waals surface area (Å²) in [5, 5.41) is 15.5. The molecule has 2 aromatic carbocycles. The van der Waals surface area contributed by atoms with Crippen LogP contribution in [0.2, 0.25) is 0 Å². The van der Waals surface area contributed by atoms with Crippen LogP contribution >= 0.6 is 0 Å². The Balaban J connectivity index is 2.40. The van der Waals surface area contributed by atoms with E-state index in [9.17, 15) is 19.5 Å². The lowest BCUT2D eigenvalue weighted by Crippen LogP contribution is -2.54. The zero-order valence-corrected chi connectivity index (χ0v) is 23.7. The summed E-state index contributed by atoms with van der Waals surface area (Å²) in [5.74, 6) is -0.338. The normalized spacial score (nSPS) is 12.7. The minimum absolute atomic E-state index is 0.268. The van der Waals surface area contributed by atoms with E-state index in [4.69, 9.17) is 9.47 Å². The van der Waals surface area contributed by atoms with Gasteiger partial charge in [-0.15, -0.1) is 0 Å². The van der Waals surface area contributed by atoms with Gasteiger partial charge in [0, 0.05) is 12.2 Å². The van der Waals surface area contributed by atoms with Crippen molar-refractivity contribution in [3.05, 3.63) is 60.2 Å². The number of aliphatic hydroxyl groups excluding tert-OH is 1. The second-order valence-electron chi connectivity index (χ2n) is 10.4. The highest BCUT2D eigenvalue weighted by Crippen LogP contribution is 2.26. The molecule has 2 rings (SSSR count). The topological polar surface area (TPSA) is 117 Å². The van der Waals surface area contributed by atoms with Crippen molar-refractivity contribution in [2.45, 2.75) is 77.5 Å².